The molecule has 100 valence electrons. The molecule has 0 amide bonds. The van der Waals surface area contributed by atoms with Crippen LogP contribution in [0.25, 0.3) is 0 Å². The minimum Gasteiger partial charge on any atom is -0.495 e. The van der Waals surface area contributed by atoms with Crippen LogP contribution in [0.1, 0.15) is 18.1 Å². The molecular formula is C14H20ClNO2. The number of halogens is 1. The van der Waals surface area contributed by atoms with Gasteiger partial charge in [-0.2, -0.15) is 0 Å². The molecule has 0 aromatic heterocycles. The number of benzene rings is 1. The summed E-state index contributed by atoms with van der Waals surface area (Å²) in [5, 5.41) is 0.632. The second-order valence-corrected chi connectivity index (χ2v) is 5.01. The van der Waals surface area contributed by atoms with E-state index in [4.69, 9.17) is 16.3 Å². The van der Waals surface area contributed by atoms with Crippen molar-refractivity contribution in [3.8, 4) is 5.75 Å². The smallest absolute Gasteiger partial charge is 0.143 e. The van der Waals surface area contributed by atoms with Gasteiger partial charge in [0.25, 0.3) is 0 Å². The maximum absolute atomic E-state index is 11.0. The molecule has 0 heterocycles. The van der Waals surface area contributed by atoms with Gasteiger partial charge in [0.1, 0.15) is 11.5 Å². The van der Waals surface area contributed by atoms with E-state index in [0.29, 0.717) is 17.3 Å². The second kappa shape index (κ2) is 6.76. The molecule has 4 heteroatoms. The van der Waals surface area contributed by atoms with Gasteiger partial charge in [-0.15, -0.1) is 0 Å². The van der Waals surface area contributed by atoms with Crippen molar-refractivity contribution in [3.05, 3.63) is 28.3 Å². The highest BCUT2D eigenvalue weighted by atomic mass is 35.5. The van der Waals surface area contributed by atoms with Crippen LogP contribution in [0.3, 0.4) is 0 Å². The zero-order valence-electron chi connectivity index (χ0n) is 11.4. The summed E-state index contributed by atoms with van der Waals surface area (Å²) in [7, 11) is 3.56. The van der Waals surface area contributed by atoms with Gasteiger partial charge < -0.3 is 4.74 Å². The van der Waals surface area contributed by atoms with Crippen molar-refractivity contribution >= 4 is 17.4 Å². The van der Waals surface area contributed by atoms with E-state index >= 15 is 0 Å². The van der Waals surface area contributed by atoms with E-state index < -0.39 is 0 Å². The Bertz CT molecular complexity index is 432. The summed E-state index contributed by atoms with van der Waals surface area (Å²) in [5.74, 6) is 0.886. The summed E-state index contributed by atoms with van der Waals surface area (Å²) in [4.78, 5) is 13.0. The monoisotopic (exact) mass is 269 g/mol. The second-order valence-electron chi connectivity index (χ2n) is 4.60. The van der Waals surface area contributed by atoms with E-state index in [1.807, 2.05) is 31.0 Å². The van der Waals surface area contributed by atoms with Gasteiger partial charge in [-0.05, 0) is 50.6 Å². The van der Waals surface area contributed by atoms with E-state index in [-0.39, 0.29) is 5.78 Å². The van der Waals surface area contributed by atoms with Gasteiger partial charge in [0.05, 0.1) is 18.7 Å². The molecule has 1 rings (SSSR count). The lowest BCUT2D eigenvalue weighted by molar-refractivity contribution is -0.117. The zero-order valence-corrected chi connectivity index (χ0v) is 12.2. The number of ketones is 1. The third-order valence-electron chi connectivity index (χ3n) is 2.87. The largest absolute Gasteiger partial charge is 0.495 e. The molecule has 0 unspecified atom stereocenters. The fraction of sp³-hybridized carbons (Fsp3) is 0.500. The van der Waals surface area contributed by atoms with Crippen molar-refractivity contribution in [2.45, 2.75) is 20.3 Å². The van der Waals surface area contributed by atoms with Crippen molar-refractivity contribution in [1.29, 1.82) is 0 Å². The van der Waals surface area contributed by atoms with Gasteiger partial charge in [-0.1, -0.05) is 11.6 Å². The number of carbonyl (C=O) groups excluding carboxylic acids is 1. The Labute approximate surface area is 114 Å². The topological polar surface area (TPSA) is 29.5 Å². The molecule has 0 aliphatic heterocycles. The van der Waals surface area contributed by atoms with E-state index in [2.05, 4.69) is 0 Å². The van der Waals surface area contributed by atoms with Gasteiger partial charge in [0.2, 0.25) is 0 Å². The molecular weight excluding hydrogens is 250 g/mol. The highest BCUT2D eigenvalue weighted by Gasteiger charge is 2.08. The molecule has 0 spiro atoms. The predicted octanol–water partition coefficient (Wildman–Crippen LogP) is 2.72. The molecule has 0 aliphatic rings. The summed E-state index contributed by atoms with van der Waals surface area (Å²) in [6, 6.07) is 3.89. The van der Waals surface area contributed by atoms with Crippen molar-refractivity contribution in [3.63, 3.8) is 0 Å². The van der Waals surface area contributed by atoms with Crippen LogP contribution in [0.2, 0.25) is 5.02 Å². The van der Waals surface area contributed by atoms with Gasteiger partial charge in [-0.3, -0.25) is 9.69 Å². The number of rotatable bonds is 6. The molecule has 0 bridgehead atoms. The van der Waals surface area contributed by atoms with Crippen molar-refractivity contribution in [2.75, 3.05) is 27.2 Å². The van der Waals surface area contributed by atoms with Crippen molar-refractivity contribution < 1.29 is 9.53 Å². The number of carbonyl (C=O) groups is 1. The average molecular weight is 270 g/mol. The summed E-state index contributed by atoms with van der Waals surface area (Å²) < 4.78 is 5.17. The number of nitrogens with zero attached hydrogens (tertiary/aromatic N) is 1. The van der Waals surface area contributed by atoms with Crippen LogP contribution in [0, 0.1) is 6.92 Å². The highest BCUT2D eigenvalue weighted by molar-refractivity contribution is 6.32. The number of likely N-dealkylation sites (N-methyl/N-ethyl adjacent to an activating group) is 1. The molecule has 0 saturated heterocycles. The highest BCUT2D eigenvalue weighted by Crippen LogP contribution is 2.28. The molecule has 0 fully saturated rings. The molecule has 18 heavy (non-hydrogen) atoms. The standard InChI is InChI=1S/C14H20ClNO2/c1-10-7-14(18-4)13(15)8-12(10)5-6-16(3)9-11(2)17/h7-8H,5-6,9H2,1-4H3. The van der Waals surface area contributed by atoms with E-state index in [1.165, 1.54) is 5.56 Å². The molecule has 0 aliphatic carbocycles. The lowest BCUT2D eigenvalue weighted by Crippen LogP contribution is -2.26. The van der Waals surface area contributed by atoms with Crippen molar-refractivity contribution in [2.24, 2.45) is 0 Å². The fourth-order valence-electron chi connectivity index (χ4n) is 1.89. The van der Waals surface area contributed by atoms with Crippen LogP contribution < -0.4 is 4.74 Å². The van der Waals surface area contributed by atoms with Crippen LogP contribution in [0.5, 0.6) is 5.75 Å². The fourth-order valence-corrected chi connectivity index (χ4v) is 2.16. The summed E-state index contributed by atoms with van der Waals surface area (Å²) >= 11 is 6.11. The maximum Gasteiger partial charge on any atom is 0.143 e. The van der Waals surface area contributed by atoms with E-state index in [0.717, 1.165) is 18.5 Å². The molecule has 3 nitrogen and oxygen atoms in total. The van der Waals surface area contributed by atoms with Crippen molar-refractivity contribution in [1.82, 2.24) is 4.90 Å². The van der Waals surface area contributed by atoms with Gasteiger partial charge in [0, 0.05) is 6.54 Å². The Morgan fingerprint density at radius 3 is 2.67 bits per heavy atom. The summed E-state index contributed by atoms with van der Waals surface area (Å²) in [6.07, 6.45) is 0.874. The minimum atomic E-state index is 0.182. The number of aryl methyl sites for hydroxylation is 1. The van der Waals surface area contributed by atoms with Gasteiger partial charge in [-0.25, -0.2) is 0 Å². The molecule has 0 radical (unpaired) electrons. The summed E-state index contributed by atoms with van der Waals surface area (Å²) in [5.41, 5.74) is 2.35. The number of Topliss-reactive ketones (excluding diaryl/α,β-unsaturated/α-hetero) is 1. The Hall–Kier alpha value is -1.06. The normalized spacial score (nSPS) is 10.8. The first-order valence-electron chi connectivity index (χ1n) is 5.95. The molecule has 0 atom stereocenters. The maximum atomic E-state index is 11.0. The summed E-state index contributed by atoms with van der Waals surface area (Å²) in [6.45, 7) is 4.97. The van der Waals surface area contributed by atoms with Crippen LogP contribution in [-0.4, -0.2) is 37.9 Å². The van der Waals surface area contributed by atoms with Gasteiger partial charge in [0.15, 0.2) is 0 Å². The SMILES string of the molecule is COc1cc(C)c(CCN(C)CC(C)=O)cc1Cl. The van der Waals surface area contributed by atoms with Crippen LogP contribution in [0.4, 0.5) is 0 Å². The Morgan fingerprint density at radius 1 is 1.44 bits per heavy atom. The average Bonchev–Trinajstić information content (AvgIpc) is 2.28. The zero-order chi connectivity index (χ0) is 13.7. The third kappa shape index (κ3) is 4.31. The van der Waals surface area contributed by atoms with Crippen LogP contribution in [0.15, 0.2) is 12.1 Å². The first-order chi connectivity index (χ1) is 8.43. The number of hydrogen-bond acceptors (Lipinski definition) is 3. The lowest BCUT2D eigenvalue weighted by atomic mass is 10.1. The lowest BCUT2D eigenvalue weighted by Gasteiger charge is -2.16. The Balaban J connectivity index is 2.68. The first kappa shape index (κ1) is 15.0. The molecule has 0 N–H and O–H groups in total. The predicted molar refractivity (Wildman–Crippen MR) is 74.6 cm³/mol. The number of methoxy groups -OCH3 is 1. The Kier molecular flexibility index (Phi) is 5.63. The number of ether oxygens (including phenoxy) is 1. The number of hydrogen-bond donors (Lipinski definition) is 0. The Morgan fingerprint density at radius 2 is 2.11 bits per heavy atom. The van der Waals surface area contributed by atoms with Crippen LogP contribution in [-0.2, 0) is 11.2 Å². The molecule has 0 saturated carbocycles. The van der Waals surface area contributed by atoms with Crippen LogP contribution >= 0.6 is 11.6 Å². The first-order valence-corrected chi connectivity index (χ1v) is 6.32. The van der Waals surface area contributed by atoms with E-state index in [1.54, 1.807) is 14.0 Å². The van der Waals surface area contributed by atoms with E-state index in [9.17, 15) is 4.79 Å². The molecule has 1 aromatic carbocycles. The third-order valence-corrected chi connectivity index (χ3v) is 3.16. The quantitative estimate of drug-likeness (QED) is 0.795. The molecule has 1 aromatic rings. The van der Waals surface area contributed by atoms with Gasteiger partial charge >= 0.3 is 0 Å². The minimum absolute atomic E-state index is 0.182.